The Morgan fingerprint density at radius 1 is 1.16 bits per heavy atom. The molecule has 2 aromatic rings. The van der Waals surface area contributed by atoms with E-state index in [-0.39, 0.29) is 5.91 Å². The van der Waals surface area contributed by atoms with Gasteiger partial charge in [-0.15, -0.1) is 11.8 Å². The van der Waals surface area contributed by atoms with E-state index in [1.807, 2.05) is 35.2 Å². The van der Waals surface area contributed by atoms with Crippen LogP contribution in [0.3, 0.4) is 0 Å². The van der Waals surface area contributed by atoms with Crippen molar-refractivity contribution in [1.82, 2.24) is 4.90 Å². The predicted molar refractivity (Wildman–Crippen MR) is 103 cm³/mol. The maximum absolute atomic E-state index is 12.6. The number of carbonyl (C=O) groups excluding carboxylic acids is 1. The Hall–Kier alpha value is -1.78. The van der Waals surface area contributed by atoms with Gasteiger partial charge < -0.3 is 10.0 Å². The smallest absolute Gasteiger partial charge is 0.233 e. The van der Waals surface area contributed by atoms with Gasteiger partial charge in [0.2, 0.25) is 5.91 Å². The van der Waals surface area contributed by atoms with Crippen LogP contribution in [0.2, 0.25) is 0 Å². The highest BCUT2D eigenvalue weighted by Crippen LogP contribution is 2.29. The molecule has 1 atom stereocenters. The zero-order chi connectivity index (χ0) is 17.6. The molecular formula is C21H25NO2S. The van der Waals surface area contributed by atoms with Gasteiger partial charge in [0.1, 0.15) is 0 Å². The zero-order valence-corrected chi connectivity index (χ0v) is 15.4. The van der Waals surface area contributed by atoms with E-state index in [1.54, 1.807) is 0 Å². The lowest BCUT2D eigenvalue weighted by atomic mass is 10.1. The van der Waals surface area contributed by atoms with E-state index in [0.717, 1.165) is 18.4 Å². The van der Waals surface area contributed by atoms with E-state index in [1.165, 1.54) is 22.9 Å². The van der Waals surface area contributed by atoms with Crippen molar-refractivity contribution in [2.45, 2.75) is 38.5 Å². The molecule has 0 saturated heterocycles. The van der Waals surface area contributed by atoms with Gasteiger partial charge in [0.05, 0.1) is 11.9 Å². The van der Waals surface area contributed by atoms with Crippen LogP contribution in [0.15, 0.2) is 54.6 Å². The second-order valence-corrected chi connectivity index (χ2v) is 7.71. The molecule has 1 aliphatic rings. The summed E-state index contributed by atoms with van der Waals surface area (Å²) < 4.78 is 0. The van der Waals surface area contributed by atoms with Gasteiger partial charge in [0.25, 0.3) is 0 Å². The van der Waals surface area contributed by atoms with E-state index in [2.05, 4.69) is 31.2 Å². The minimum atomic E-state index is -0.523. The molecule has 1 aliphatic carbocycles. The van der Waals surface area contributed by atoms with E-state index in [9.17, 15) is 9.90 Å². The van der Waals surface area contributed by atoms with Crippen LogP contribution in [0, 0.1) is 6.92 Å². The second-order valence-electron chi connectivity index (χ2n) is 6.68. The molecule has 4 heteroatoms. The first-order valence-electron chi connectivity index (χ1n) is 8.79. The molecular weight excluding hydrogens is 330 g/mol. The lowest BCUT2D eigenvalue weighted by Crippen LogP contribution is -2.34. The number of benzene rings is 2. The number of nitrogens with zero attached hydrogens (tertiary/aromatic N) is 1. The highest BCUT2D eigenvalue weighted by molar-refractivity contribution is 7.99. The van der Waals surface area contributed by atoms with E-state index < -0.39 is 6.10 Å². The van der Waals surface area contributed by atoms with Gasteiger partial charge in [0.15, 0.2) is 0 Å². The molecule has 0 aliphatic heterocycles. The van der Waals surface area contributed by atoms with Gasteiger partial charge in [-0.05, 0) is 30.9 Å². The van der Waals surface area contributed by atoms with Crippen molar-refractivity contribution < 1.29 is 9.90 Å². The summed E-state index contributed by atoms with van der Waals surface area (Å²) in [6.45, 7) is 2.76. The summed E-state index contributed by atoms with van der Waals surface area (Å²) >= 11 is 1.51. The molecule has 132 valence electrons. The fourth-order valence-electron chi connectivity index (χ4n) is 2.81. The molecule has 1 N–H and O–H groups in total. The number of aryl methyl sites for hydroxylation is 1. The van der Waals surface area contributed by atoms with Gasteiger partial charge in [-0.25, -0.2) is 0 Å². The number of thioether (sulfide) groups is 1. The van der Waals surface area contributed by atoms with Crippen molar-refractivity contribution in [3.05, 3.63) is 71.3 Å². The van der Waals surface area contributed by atoms with Crippen LogP contribution >= 0.6 is 11.8 Å². The molecule has 3 rings (SSSR count). The third-order valence-corrected chi connectivity index (χ3v) is 5.47. The van der Waals surface area contributed by atoms with Gasteiger partial charge in [-0.2, -0.15) is 0 Å². The Kier molecular flexibility index (Phi) is 6.16. The number of aliphatic hydroxyl groups excluding tert-OH is 1. The standard InChI is InChI=1S/C21H25NO2S/c1-16-7-9-17(10-8-16)13-22(19-11-12-19)21(24)15-25-14-20(23)18-5-3-2-4-6-18/h2-10,19-20,23H,11-15H2,1H3. The molecule has 1 saturated carbocycles. The molecule has 2 aromatic carbocycles. The van der Waals surface area contributed by atoms with Crippen LogP contribution in [0.4, 0.5) is 0 Å². The number of rotatable bonds is 8. The third-order valence-electron chi connectivity index (χ3n) is 4.47. The van der Waals surface area contributed by atoms with Crippen molar-refractivity contribution in [2.75, 3.05) is 11.5 Å². The van der Waals surface area contributed by atoms with E-state index in [0.29, 0.717) is 24.1 Å². The second kappa shape index (κ2) is 8.54. The summed E-state index contributed by atoms with van der Waals surface area (Å²) in [6.07, 6.45) is 1.69. The van der Waals surface area contributed by atoms with Crippen LogP contribution in [-0.4, -0.2) is 33.5 Å². The Morgan fingerprint density at radius 2 is 1.84 bits per heavy atom. The quantitative estimate of drug-likeness (QED) is 0.779. The Labute approximate surface area is 154 Å². The molecule has 1 amide bonds. The molecule has 1 fully saturated rings. The van der Waals surface area contributed by atoms with Gasteiger partial charge in [-0.3, -0.25) is 4.79 Å². The average Bonchev–Trinajstić information content (AvgIpc) is 3.46. The lowest BCUT2D eigenvalue weighted by Gasteiger charge is -2.23. The van der Waals surface area contributed by atoms with Crippen molar-refractivity contribution in [1.29, 1.82) is 0 Å². The summed E-state index contributed by atoms with van der Waals surface area (Å²) in [5.74, 6) is 1.14. The summed E-state index contributed by atoms with van der Waals surface area (Å²) in [4.78, 5) is 14.6. The van der Waals surface area contributed by atoms with E-state index >= 15 is 0 Å². The topological polar surface area (TPSA) is 40.5 Å². The minimum Gasteiger partial charge on any atom is -0.388 e. The molecule has 1 unspecified atom stereocenters. The number of amides is 1. The molecule has 0 bridgehead atoms. The molecule has 0 spiro atoms. The minimum absolute atomic E-state index is 0.174. The number of hydrogen-bond acceptors (Lipinski definition) is 3. The van der Waals surface area contributed by atoms with E-state index in [4.69, 9.17) is 0 Å². The molecule has 0 aromatic heterocycles. The Balaban J connectivity index is 1.50. The zero-order valence-electron chi connectivity index (χ0n) is 14.6. The number of hydrogen-bond donors (Lipinski definition) is 1. The van der Waals surface area contributed by atoms with Crippen LogP contribution in [0.5, 0.6) is 0 Å². The van der Waals surface area contributed by atoms with Gasteiger partial charge in [0, 0.05) is 18.3 Å². The van der Waals surface area contributed by atoms with Crippen LogP contribution in [0.25, 0.3) is 0 Å². The predicted octanol–water partition coefficient (Wildman–Crippen LogP) is 3.95. The van der Waals surface area contributed by atoms with Crippen molar-refractivity contribution in [2.24, 2.45) is 0 Å². The number of carbonyl (C=O) groups is 1. The first kappa shape index (κ1) is 18.0. The fourth-order valence-corrected chi connectivity index (χ4v) is 3.68. The van der Waals surface area contributed by atoms with Gasteiger partial charge in [-0.1, -0.05) is 60.2 Å². The number of aliphatic hydroxyl groups is 1. The summed E-state index contributed by atoms with van der Waals surface area (Å²) in [5.41, 5.74) is 3.32. The highest BCUT2D eigenvalue weighted by atomic mass is 32.2. The van der Waals surface area contributed by atoms with Crippen LogP contribution < -0.4 is 0 Å². The molecule has 0 heterocycles. The Morgan fingerprint density at radius 3 is 2.48 bits per heavy atom. The highest BCUT2D eigenvalue weighted by Gasteiger charge is 2.32. The van der Waals surface area contributed by atoms with Crippen LogP contribution in [0.1, 0.15) is 35.6 Å². The third kappa shape index (κ3) is 5.35. The largest absolute Gasteiger partial charge is 0.388 e. The van der Waals surface area contributed by atoms with Crippen molar-refractivity contribution in [3.8, 4) is 0 Å². The maximum atomic E-state index is 12.6. The maximum Gasteiger partial charge on any atom is 0.233 e. The molecule has 0 radical (unpaired) electrons. The summed E-state index contributed by atoms with van der Waals surface area (Å²) in [7, 11) is 0. The van der Waals surface area contributed by atoms with Crippen molar-refractivity contribution in [3.63, 3.8) is 0 Å². The normalized spacial score (nSPS) is 15.0. The molecule has 25 heavy (non-hydrogen) atoms. The van der Waals surface area contributed by atoms with Crippen molar-refractivity contribution >= 4 is 17.7 Å². The SMILES string of the molecule is Cc1ccc(CN(C(=O)CSCC(O)c2ccccc2)C2CC2)cc1. The fraction of sp³-hybridized carbons (Fsp3) is 0.381. The average molecular weight is 356 g/mol. The monoisotopic (exact) mass is 355 g/mol. The molecule has 3 nitrogen and oxygen atoms in total. The Bertz CT molecular complexity index is 683. The summed E-state index contributed by atoms with van der Waals surface area (Å²) in [5, 5.41) is 10.2. The first-order valence-corrected chi connectivity index (χ1v) is 9.94. The summed E-state index contributed by atoms with van der Waals surface area (Å²) in [6, 6.07) is 18.4. The van der Waals surface area contributed by atoms with Gasteiger partial charge >= 0.3 is 0 Å². The first-order chi connectivity index (χ1) is 12.1. The van der Waals surface area contributed by atoms with Crippen LogP contribution in [-0.2, 0) is 11.3 Å². The lowest BCUT2D eigenvalue weighted by molar-refractivity contribution is -0.129.